The minimum atomic E-state index is -3.57. The number of halogens is 2. The summed E-state index contributed by atoms with van der Waals surface area (Å²) in [6.45, 7) is 1.61. The fraction of sp³-hybridized carbons (Fsp3) is 0.455. The molecule has 1 unspecified atom stereocenters. The van der Waals surface area contributed by atoms with Gasteiger partial charge >= 0.3 is 0 Å². The number of benzene rings is 1. The van der Waals surface area contributed by atoms with Gasteiger partial charge in [-0.3, -0.25) is 0 Å². The van der Waals surface area contributed by atoms with Crippen molar-refractivity contribution in [2.24, 2.45) is 0 Å². The summed E-state index contributed by atoms with van der Waals surface area (Å²) in [5.41, 5.74) is 0. The van der Waals surface area contributed by atoms with Gasteiger partial charge in [0.15, 0.2) is 0 Å². The molecule has 106 valence electrons. The molecule has 1 fully saturated rings. The van der Waals surface area contributed by atoms with Gasteiger partial charge in [-0.05, 0) is 34.1 Å². The molecule has 0 amide bonds. The third-order valence-corrected chi connectivity index (χ3v) is 5.22. The van der Waals surface area contributed by atoms with Gasteiger partial charge in [-0.2, -0.15) is 0 Å². The minimum absolute atomic E-state index is 0.153. The molecule has 0 radical (unpaired) electrons. The molecule has 1 N–H and O–H groups in total. The third kappa shape index (κ3) is 4.14. The maximum atomic E-state index is 12.1. The van der Waals surface area contributed by atoms with Crippen LogP contribution in [0, 0.1) is 0 Å². The van der Waals surface area contributed by atoms with E-state index in [-0.39, 0.29) is 17.5 Å². The lowest BCUT2D eigenvalue weighted by Gasteiger charge is -2.23. The summed E-state index contributed by atoms with van der Waals surface area (Å²) in [5, 5.41) is 0.461. The van der Waals surface area contributed by atoms with Gasteiger partial charge in [0.25, 0.3) is 0 Å². The number of sulfonamides is 1. The van der Waals surface area contributed by atoms with Gasteiger partial charge in [-0.15, -0.1) is 0 Å². The molecule has 0 spiro atoms. The van der Waals surface area contributed by atoms with Crippen molar-refractivity contribution < 1.29 is 17.9 Å². The van der Waals surface area contributed by atoms with E-state index in [0.29, 0.717) is 29.3 Å². The van der Waals surface area contributed by atoms with Crippen molar-refractivity contribution in [2.45, 2.75) is 11.0 Å². The summed E-state index contributed by atoms with van der Waals surface area (Å²) in [4.78, 5) is 0.153. The summed E-state index contributed by atoms with van der Waals surface area (Å²) in [6.07, 6.45) is -0.251. The van der Waals surface area contributed by atoms with Crippen LogP contribution in [0.1, 0.15) is 0 Å². The molecule has 1 saturated heterocycles. The molecule has 2 rings (SSSR count). The summed E-state index contributed by atoms with van der Waals surface area (Å²) < 4.78 is 37.7. The first kappa shape index (κ1) is 15.2. The van der Waals surface area contributed by atoms with E-state index in [1.807, 2.05) is 0 Å². The molecule has 0 saturated carbocycles. The lowest BCUT2D eigenvalue weighted by molar-refractivity contribution is -0.0846. The smallest absolute Gasteiger partial charge is 0.240 e. The predicted molar refractivity (Wildman–Crippen MR) is 74.9 cm³/mol. The van der Waals surface area contributed by atoms with Gasteiger partial charge in [0, 0.05) is 11.0 Å². The molecule has 1 atom stereocenters. The highest BCUT2D eigenvalue weighted by atomic mass is 79.9. The second-order valence-corrected chi connectivity index (χ2v) is 7.02. The quantitative estimate of drug-likeness (QED) is 0.878. The monoisotopic (exact) mass is 369 g/mol. The second kappa shape index (κ2) is 6.51. The summed E-state index contributed by atoms with van der Waals surface area (Å²) in [6, 6.07) is 4.44. The molecule has 0 bridgehead atoms. The fourth-order valence-electron chi connectivity index (χ4n) is 1.58. The molecular formula is C11H13BrClNO4S. The van der Waals surface area contributed by atoms with Crippen molar-refractivity contribution >= 4 is 37.6 Å². The van der Waals surface area contributed by atoms with E-state index in [2.05, 4.69) is 20.7 Å². The van der Waals surface area contributed by atoms with Crippen LogP contribution in [0.15, 0.2) is 27.6 Å². The zero-order valence-corrected chi connectivity index (χ0v) is 13.1. The molecule has 1 aliphatic heterocycles. The molecule has 1 heterocycles. The van der Waals surface area contributed by atoms with Crippen LogP contribution in [-0.2, 0) is 19.5 Å². The fourth-order valence-corrected chi connectivity index (χ4v) is 3.32. The predicted octanol–water partition coefficient (Wildman–Crippen LogP) is 1.80. The highest BCUT2D eigenvalue weighted by molar-refractivity contribution is 9.10. The Morgan fingerprint density at radius 2 is 2.21 bits per heavy atom. The molecule has 0 aromatic heterocycles. The lowest BCUT2D eigenvalue weighted by atomic mass is 10.3. The molecule has 8 heteroatoms. The largest absolute Gasteiger partial charge is 0.376 e. The Balaban J connectivity index is 2.02. The number of nitrogens with one attached hydrogen (secondary N) is 1. The first-order valence-electron chi connectivity index (χ1n) is 5.63. The van der Waals surface area contributed by atoms with E-state index in [0.717, 1.165) is 0 Å². The summed E-state index contributed by atoms with van der Waals surface area (Å²) >= 11 is 9.03. The Morgan fingerprint density at radius 3 is 2.84 bits per heavy atom. The molecule has 1 aromatic rings. The Bertz CT molecular complexity index is 546. The topological polar surface area (TPSA) is 64.6 Å². The van der Waals surface area contributed by atoms with Gasteiger partial charge in [0.1, 0.15) is 0 Å². The van der Waals surface area contributed by atoms with Gasteiger partial charge in [-0.25, -0.2) is 13.1 Å². The number of rotatable bonds is 4. The van der Waals surface area contributed by atoms with E-state index in [4.69, 9.17) is 21.1 Å². The van der Waals surface area contributed by atoms with E-state index < -0.39 is 10.0 Å². The molecule has 19 heavy (non-hydrogen) atoms. The molecule has 5 nitrogen and oxygen atoms in total. The van der Waals surface area contributed by atoms with E-state index >= 15 is 0 Å². The van der Waals surface area contributed by atoms with Gasteiger partial charge in [0.2, 0.25) is 10.0 Å². The molecular weight excluding hydrogens is 358 g/mol. The summed E-state index contributed by atoms with van der Waals surface area (Å²) in [7, 11) is -3.57. The minimum Gasteiger partial charge on any atom is -0.376 e. The number of hydrogen-bond donors (Lipinski definition) is 1. The zero-order valence-electron chi connectivity index (χ0n) is 9.93. The lowest BCUT2D eigenvalue weighted by Crippen LogP contribution is -2.39. The highest BCUT2D eigenvalue weighted by Crippen LogP contribution is 2.25. The van der Waals surface area contributed by atoms with Crippen molar-refractivity contribution in [1.29, 1.82) is 0 Å². The standard InChI is InChI=1S/C11H13BrClNO4S/c12-10-5-9(1-2-11(10)13)19(15,16)14-6-8-7-17-3-4-18-8/h1-2,5,8,14H,3-4,6-7H2. The molecule has 1 aromatic carbocycles. The average Bonchev–Trinajstić information content (AvgIpc) is 2.41. The first-order chi connectivity index (χ1) is 8.99. The van der Waals surface area contributed by atoms with Crippen LogP contribution in [0.3, 0.4) is 0 Å². The van der Waals surface area contributed by atoms with Crippen LogP contribution in [0.5, 0.6) is 0 Å². The van der Waals surface area contributed by atoms with Crippen LogP contribution >= 0.6 is 27.5 Å². The Hall–Kier alpha value is -0.180. The molecule has 0 aliphatic carbocycles. The van der Waals surface area contributed by atoms with Crippen LogP contribution in [0.25, 0.3) is 0 Å². The Morgan fingerprint density at radius 1 is 1.42 bits per heavy atom. The van der Waals surface area contributed by atoms with Crippen LogP contribution in [0.4, 0.5) is 0 Å². The first-order valence-corrected chi connectivity index (χ1v) is 8.28. The van der Waals surface area contributed by atoms with E-state index in [9.17, 15) is 8.42 Å². The van der Waals surface area contributed by atoms with E-state index in [1.165, 1.54) is 18.2 Å². The normalized spacial score (nSPS) is 20.4. The third-order valence-electron chi connectivity index (χ3n) is 2.59. The van der Waals surface area contributed by atoms with Crippen molar-refractivity contribution in [3.05, 3.63) is 27.7 Å². The SMILES string of the molecule is O=S(=O)(NCC1COCCO1)c1ccc(Cl)c(Br)c1. The van der Waals surface area contributed by atoms with Crippen molar-refractivity contribution in [1.82, 2.24) is 4.72 Å². The van der Waals surface area contributed by atoms with Gasteiger partial charge in [-0.1, -0.05) is 11.6 Å². The Kier molecular flexibility index (Phi) is 5.22. The van der Waals surface area contributed by atoms with Gasteiger partial charge < -0.3 is 9.47 Å². The maximum Gasteiger partial charge on any atom is 0.240 e. The Labute approximate surface area is 125 Å². The van der Waals surface area contributed by atoms with Crippen LogP contribution < -0.4 is 4.72 Å². The highest BCUT2D eigenvalue weighted by Gasteiger charge is 2.20. The van der Waals surface area contributed by atoms with Gasteiger partial charge in [0.05, 0.1) is 35.8 Å². The second-order valence-electron chi connectivity index (χ2n) is 4.00. The summed E-state index contributed by atoms with van der Waals surface area (Å²) in [5.74, 6) is 0. The van der Waals surface area contributed by atoms with Crippen molar-refractivity contribution in [3.63, 3.8) is 0 Å². The maximum absolute atomic E-state index is 12.1. The van der Waals surface area contributed by atoms with Crippen LogP contribution in [0.2, 0.25) is 5.02 Å². The van der Waals surface area contributed by atoms with Crippen LogP contribution in [-0.4, -0.2) is 40.9 Å². The average molecular weight is 371 g/mol. The number of hydrogen-bond acceptors (Lipinski definition) is 4. The van der Waals surface area contributed by atoms with E-state index in [1.54, 1.807) is 0 Å². The zero-order chi connectivity index (χ0) is 13.9. The number of ether oxygens (including phenoxy) is 2. The van der Waals surface area contributed by atoms with Crippen molar-refractivity contribution in [3.8, 4) is 0 Å². The van der Waals surface area contributed by atoms with Crippen molar-refractivity contribution in [2.75, 3.05) is 26.4 Å². The molecule has 1 aliphatic rings.